The Morgan fingerprint density at radius 2 is 2.08 bits per heavy atom. The first-order valence-electron chi connectivity index (χ1n) is 4.05. The van der Waals surface area contributed by atoms with Crippen molar-refractivity contribution in [2.24, 2.45) is 5.92 Å². The molecule has 66 valence electrons. The van der Waals surface area contributed by atoms with Gasteiger partial charge in [0.2, 0.25) is 0 Å². The van der Waals surface area contributed by atoms with E-state index in [-0.39, 0.29) is 10.9 Å². The van der Waals surface area contributed by atoms with Gasteiger partial charge in [0.05, 0.1) is 5.92 Å². The molecule has 1 aliphatic rings. The summed E-state index contributed by atoms with van der Waals surface area (Å²) < 4.78 is 0. The fourth-order valence-corrected chi connectivity index (χ4v) is 1.85. The van der Waals surface area contributed by atoms with Crippen molar-refractivity contribution in [2.45, 2.75) is 6.42 Å². The highest BCUT2D eigenvalue weighted by Gasteiger charge is 2.33. The summed E-state index contributed by atoms with van der Waals surface area (Å²) in [7, 11) is 0. The number of fused-ring (bicyclic) bond motifs is 1. The van der Waals surface area contributed by atoms with Crippen LogP contribution in [-0.4, -0.2) is 10.9 Å². The van der Waals surface area contributed by atoms with Crippen molar-refractivity contribution in [3.8, 4) is 0 Å². The third kappa shape index (κ3) is 1.29. The normalized spacial score (nSPS) is 20.1. The second-order valence-electron chi connectivity index (χ2n) is 3.12. The van der Waals surface area contributed by atoms with Crippen molar-refractivity contribution in [1.82, 2.24) is 0 Å². The van der Waals surface area contributed by atoms with E-state index in [1.54, 1.807) is 6.07 Å². The fraction of sp³-hybridized carbons (Fsp3) is 0.200. The maximum atomic E-state index is 11.6. The lowest BCUT2D eigenvalue weighted by Gasteiger charge is -1.98. The molecule has 1 aromatic carbocycles. The van der Waals surface area contributed by atoms with Crippen molar-refractivity contribution >= 4 is 23.5 Å². The molecule has 13 heavy (non-hydrogen) atoms. The van der Waals surface area contributed by atoms with E-state index in [0.717, 1.165) is 5.56 Å². The zero-order valence-electron chi connectivity index (χ0n) is 6.86. The Hall–Kier alpha value is -1.09. The van der Waals surface area contributed by atoms with Gasteiger partial charge in [-0.25, -0.2) is 0 Å². The molecule has 0 fully saturated rings. The van der Waals surface area contributed by atoms with Gasteiger partial charge in [0.1, 0.15) is 0 Å². The van der Waals surface area contributed by atoms with Gasteiger partial charge in [-0.05, 0) is 12.0 Å². The maximum Gasteiger partial charge on any atom is 0.197 e. The van der Waals surface area contributed by atoms with E-state index in [4.69, 9.17) is 0 Å². The third-order valence-corrected chi connectivity index (χ3v) is 2.63. The SMILES string of the molecule is O=C(S)C1Cc2ccccc2C1=O. The quantitative estimate of drug-likeness (QED) is 0.540. The number of carbonyl (C=O) groups is 2. The molecule has 0 saturated carbocycles. The van der Waals surface area contributed by atoms with Crippen LogP contribution in [0.5, 0.6) is 0 Å². The zero-order chi connectivity index (χ0) is 9.42. The van der Waals surface area contributed by atoms with E-state index in [1.165, 1.54) is 0 Å². The number of carbonyl (C=O) groups excluding carboxylic acids is 2. The van der Waals surface area contributed by atoms with Crippen molar-refractivity contribution in [3.63, 3.8) is 0 Å². The van der Waals surface area contributed by atoms with Crippen LogP contribution in [0.25, 0.3) is 0 Å². The van der Waals surface area contributed by atoms with Crippen LogP contribution in [0, 0.1) is 5.92 Å². The second-order valence-corrected chi connectivity index (χ2v) is 3.56. The lowest BCUT2D eigenvalue weighted by molar-refractivity contribution is -0.112. The fourth-order valence-electron chi connectivity index (χ4n) is 1.64. The first-order valence-corrected chi connectivity index (χ1v) is 4.50. The minimum Gasteiger partial charge on any atom is -0.293 e. The minimum absolute atomic E-state index is 0.0874. The van der Waals surface area contributed by atoms with Crippen LogP contribution in [-0.2, 0) is 11.2 Å². The van der Waals surface area contributed by atoms with Crippen LogP contribution in [0.4, 0.5) is 0 Å². The topological polar surface area (TPSA) is 34.1 Å². The zero-order valence-corrected chi connectivity index (χ0v) is 7.75. The van der Waals surface area contributed by atoms with E-state index in [2.05, 4.69) is 12.6 Å². The molecular formula is C10H8O2S. The van der Waals surface area contributed by atoms with Crippen LogP contribution in [0.3, 0.4) is 0 Å². The lowest BCUT2D eigenvalue weighted by atomic mass is 10.1. The van der Waals surface area contributed by atoms with Gasteiger partial charge in [0, 0.05) is 5.56 Å². The third-order valence-electron chi connectivity index (χ3n) is 2.32. The number of hydrogen-bond acceptors (Lipinski definition) is 2. The predicted molar refractivity (Wildman–Crippen MR) is 52.0 cm³/mol. The monoisotopic (exact) mass is 192 g/mol. The molecule has 0 spiro atoms. The van der Waals surface area contributed by atoms with Crippen molar-refractivity contribution in [3.05, 3.63) is 35.4 Å². The molecule has 3 heteroatoms. The average Bonchev–Trinajstić information content (AvgIpc) is 2.45. The number of ketones is 1. The maximum absolute atomic E-state index is 11.6. The van der Waals surface area contributed by atoms with Gasteiger partial charge in [-0.15, -0.1) is 12.6 Å². The Bertz CT molecular complexity index is 384. The summed E-state index contributed by atoms with van der Waals surface area (Å²) in [6.07, 6.45) is 0.511. The Morgan fingerprint density at radius 1 is 1.38 bits per heavy atom. The lowest BCUT2D eigenvalue weighted by Crippen LogP contribution is -2.15. The number of benzene rings is 1. The first-order chi connectivity index (χ1) is 6.20. The average molecular weight is 192 g/mol. The summed E-state index contributed by atoms with van der Waals surface area (Å²) in [6, 6.07) is 7.32. The smallest absolute Gasteiger partial charge is 0.197 e. The van der Waals surface area contributed by atoms with Gasteiger partial charge in [-0.1, -0.05) is 24.3 Å². The molecule has 0 amide bonds. The van der Waals surface area contributed by atoms with Crippen LogP contribution >= 0.6 is 12.6 Å². The van der Waals surface area contributed by atoms with E-state index < -0.39 is 5.92 Å². The molecular weight excluding hydrogens is 184 g/mol. The summed E-state index contributed by atoms with van der Waals surface area (Å²) in [6.45, 7) is 0. The van der Waals surface area contributed by atoms with Crippen LogP contribution in [0.1, 0.15) is 15.9 Å². The highest BCUT2D eigenvalue weighted by atomic mass is 32.1. The largest absolute Gasteiger partial charge is 0.293 e. The highest BCUT2D eigenvalue weighted by Crippen LogP contribution is 2.27. The summed E-state index contributed by atoms with van der Waals surface area (Å²) in [5.74, 6) is -0.642. The summed E-state index contributed by atoms with van der Waals surface area (Å²) >= 11 is 3.70. The predicted octanol–water partition coefficient (Wildman–Crippen LogP) is 1.50. The summed E-state index contributed by atoms with van der Waals surface area (Å²) in [4.78, 5) is 22.5. The molecule has 1 atom stereocenters. The van der Waals surface area contributed by atoms with Gasteiger partial charge in [0.25, 0.3) is 0 Å². The molecule has 1 aromatic rings. The van der Waals surface area contributed by atoms with Gasteiger partial charge in [0.15, 0.2) is 10.9 Å². The van der Waals surface area contributed by atoms with Crippen molar-refractivity contribution < 1.29 is 9.59 Å². The van der Waals surface area contributed by atoms with Crippen LogP contribution in [0.2, 0.25) is 0 Å². The van der Waals surface area contributed by atoms with Crippen molar-refractivity contribution in [1.29, 1.82) is 0 Å². The molecule has 0 N–H and O–H groups in total. The van der Waals surface area contributed by atoms with Gasteiger partial charge in [-0.3, -0.25) is 9.59 Å². The molecule has 2 nitrogen and oxygen atoms in total. The number of thiol groups is 1. The van der Waals surface area contributed by atoms with Crippen LogP contribution < -0.4 is 0 Å². The first kappa shape index (κ1) is 8.51. The molecule has 2 rings (SSSR count). The number of rotatable bonds is 1. The highest BCUT2D eigenvalue weighted by molar-refractivity contribution is 7.96. The van der Waals surface area contributed by atoms with Gasteiger partial charge < -0.3 is 0 Å². The Labute approximate surface area is 81.4 Å². The molecule has 0 radical (unpaired) electrons. The van der Waals surface area contributed by atoms with Gasteiger partial charge >= 0.3 is 0 Å². The standard InChI is InChI=1S/C10H8O2S/c11-9-7-4-2-1-3-6(7)5-8(9)10(12)13/h1-4,8H,5H2,(H,12,13). The van der Waals surface area contributed by atoms with Crippen molar-refractivity contribution in [2.75, 3.05) is 0 Å². The van der Waals surface area contributed by atoms with E-state index in [1.807, 2.05) is 18.2 Å². The van der Waals surface area contributed by atoms with Gasteiger partial charge in [-0.2, -0.15) is 0 Å². The minimum atomic E-state index is -0.555. The molecule has 0 saturated heterocycles. The van der Waals surface area contributed by atoms with E-state index in [0.29, 0.717) is 12.0 Å². The van der Waals surface area contributed by atoms with E-state index >= 15 is 0 Å². The van der Waals surface area contributed by atoms with E-state index in [9.17, 15) is 9.59 Å². The molecule has 1 aliphatic carbocycles. The Balaban J connectivity index is 2.44. The number of hydrogen-bond donors (Lipinski definition) is 1. The second kappa shape index (κ2) is 3.00. The summed E-state index contributed by atoms with van der Waals surface area (Å²) in [5.41, 5.74) is 1.63. The Kier molecular flexibility index (Phi) is 1.96. The van der Waals surface area contributed by atoms with Crippen LogP contribution in [0.15, 0.2) is 24.3 Å². The molecule has 0 aliphatic heterocycles. The molecule has 0 aromatic heterocycles. The molecule has 0 bridgehead atoms. The number of Topliss-reactive ketones (excluding diaryl/α,β-unsaturated/α-hetero) is 1. The molecule has 1 unspecified atom stereocenters. The Morgan fingerprint density at radius 3 is 2.69 bits per heavy atom. The molecule has 0 heterocycles. The summed E-state index contributed by atoms with van der Waals surface area (Å²) in [5, 5.41) is -0.332.